The molecule has 0 aliphatic heterocycles. The van der Waals surface area contributed by atoms with Gasteiger partial charge in [0.05, 0.1) is 23.7 Å². The molecule has 116 valence electrons. The molecule has 1 rings (SSSR count). The van der Waals surface area contributed by atoms with Gasteiger partial charge in [-0.15, -0.1) is 6.58 Å². The lowest BCUT2D eigenvalue weighted by atomic mass is 10.2. The predicted molar refractivity (Wildman–Crippen MR) is 81.9 cm³/mol. The van der Waals surface area contributed by atoms with E-state index in [4.69, 9.17) is 9.84 Å². The fourth-order valence-electron chi connectivity index (χ4n) is 1.44. The number of aromatic carboxylic acids is 1. The summed E-state index contributed by atoms with van der Waals surface area (Å²) < 4.78 is 31.9. The van der Waals surface area contributed by atoms with Gasteiger partial charge in [0.15, 0.2) is 0 Å². The lowest BCUT2D eigenvalue weighted by Gasteiger charge is -2.08. The molecule has 0 heterocycles. The molecule has 0 atom stereocenters. The summed E-state index contributed by atoms with van der Waals surface area (Å²) in [4.78, 5) is 10.9. The van der Waals surface area contributed by atoms with Crippen LogP contribution in [-0.2, 0) is 14.8 Å². The minimum absolute atomic E-state index is 0.103. The van der Waals surface area contributed by atoms with E-state index in [1.807, 2.05) is 0 Å². The molecule has 0 unspecified atom stereocenters. The Kier molecular flexibility index (Phi) is 7.03. The van der Waals surface area contributed by atoms with Crippen LogP contribution in [0.4, 0.5) is 0 Å². The van der Waals surface area contributed by atoms with E-state index < -0.39 is 16.0 Å². The van der Waals surface area contributed by atoms with Crippen molar-refractivity contribution in [3.05, 3.63) is 40.9 Å². The molecule has 21 heavy (non-hydrogen) atoms. The molecule has 0 aliphatic rings. The van der Waals surface area contributed by atoms with Gasteiger partial charge in [-0.1, -0.05) is 6.08 Å². The number of carboxylic acid groups (broad SMARTS) is 1. The number of benzene rings is 1. The van der Waals surface area contributed by atoms with Crippen molar-refractivity contribution >= 4 is 31.9 Å². The van der Waals surface area contributed by atoms with Crippen LogP contribution in [0.2, 0.25) is 0 Å². The van der Waals surface area contributed by atoms with Crippen molar-refractivity contribution in [2.75, 3.05) is 19.8 Å². The molecule has 8 heteroatoms. The quantitative estimate of drug-likeness (QED) is 0.507. The zero-order valence-electron chi connectivity index (χ0n) is 11.2. The highest BCUT2D eigenvalue weighted by Crippen LogP contribution is 2.20. The molecular weight excluding hydrogens is 362 g/mol. The lowest BCUT2D eigenvalue weighted by molar-refractivity contribution is 0.0695. The summed E-state index contributed by atoms with van der Waals surface area (Å²) in [6.07, 6.45) is 2.40. The van der Waals surface area contributed by atoms with Gasteiger partial charge in [-0.2, -0.15) is 0 Å². The summed E-state index contributed by atoms with van der Waals surface area (Å²) in [7, 11) is -3.76. The van der Waals surface area contributed by atoms with E-state index in [1.165, 1.54) is 12.1 Å². The largest absolute Gasteiger partial charge is 0.478 e. The number of ether oxygens (including phenoxy) is 1. The van der Waals surface area contributed by atoms with Gasteiger partial charge in [0.1, 0.15) is 0 Å². The van der Waals surface area contributed by atoms with Crippen LogP contribution in [0.25, 0.3) is 0 Å². The first-order chi connectivity index (χ1) is 9.88. The Hall–Kier alpha value is -1.22. The smallest absolute Gasteiger partial charge is 0.336 e. The molecule has 0 spiro atoms. The Bertz CT molecular complexity index is 615. The fraction of sp³-hybridized carbons (Fsp3) is 0.308. The van der Waals surface area contributed by atoms with Gasteiger partial charge in [-0.3, -0.25) is 0 Å². The fourth-order valence-corrected chi connectivity index (χ4v) is 2.89. The van der Waals surface area contributed by atoms with Gasteiger partial charge in [0, 0.05) is 11.0 Å². The van der Waals surface area contributed by atoms with Gasteiger partial charge in [-0.25, -0.2) is 17.9 Å². The van der Waals surface area contributed by atoms with Crippen LogP contribution in [0.15, 0.2) is 40.2 Å². The highest BCUT2D eigenvalue weighted by molar-refractivity contribution is 9.10. The summed E-state index contributed by atoms with van der Waals surface area (Å²) >= 11 is 3.06. The Balaban J connectivity index is 2.68. The maximum atomic E-state index is 12.0. The van der Waals surface area contributed by atoms with E-state index in [-0.39, 0.29) is 23.6 Å². The molecule has 0 saturated carbocycles. The normalized spacial score (nSPS) is 11.3. The number of carbonyl (C=O) groups is 1. The van der Waals surface area contributed by atoms with Crippen LogP contribution in [0, 0.1) is 0 Å². The van der Waals surface area contributed by atoms with Crippen LogP contribution in [0.1, 0.15) is 16.8 Å². The molecule has 0 radical (unpaired) electrons. The molecule has 0 aromatic heterocycles. The van der Waals surface area contributed by atoms with E-state index in [1.54, 1.807) is 6.08 Å². The molecule has 0 bridgehead atoms. The van der Waals surface area contributed by atoms with Crippen LogP contribution in [0.3, 0.4) is 0 Å². The first kappa shape index (κ1) is 17.8. The topological polar surface area (TPSA) is 92.7 Å². The number of hydrogen-bond donors (Lipinski definition) is 2. The summed E-state index contributed by atoms with van der Waals surface area (Å²) in [5, 5.41) is 8.98. The number of hydrogen-bond acceptors (Lipinski definition) is 4. The second-order valence-corrected chi connectivity index (χ2v) is 6.66. The SMILES string of the molecule is C=CCCOCCNS(=O)(=O)c1ccc(Br)c(C(=O)O)c1. The van der Waals surface area contributed by atoms with E-state index in [0.717, 1.165) is 6.07 Å². The number of nitrogens with one attached hydrogen (secondary N) is 1. The highest BCUT2D eigenvalue weighted by atomic mass is 79.9. The average molecular weight is 378 g/mol. The van der Waals surface area contributed by atoms with E-state index >= 15 is 0 Å². The Morgan fingerprint density at radius 3 is 2.76 bits per heavy atom. The molecule has 0 fully saturated rings. The lowest BCUT2D eigenvalue weighted by Crippen LogP contribution is -2.27. The summed E-state index contributed by atoms with van der Waals surface area (Å²) in [5.41, 5.74) is -0.111. The zero-order valence-corrected chi connectivity index (χ0v) is 13.6. The highest BCUT2D eigenvalue weighted by Gasteiger charge is 2.17. The van der Waals surface area contributed by atoms with Crippen molar-refractivity contribution in [3.8, 4) is 0 Å². The average Bonchev–Trinajstić information content (AvgIpc) is 2.42. The van der Waals surface area contributed by atoms with Crippen LogP contribution >= 0.6 is 15.9 Å². The van der Waals surface area contributed by atoms with Crippen LogP contribution in [-0.4, -0.2) is 39.3 Å². The monoisotopic (exact) mass is 377 g/mol. The first-order valence-corrected chi connectivity index (χ1v) is 8.37. The molecule has 2 N–H and O–H groups in total. The summed E-state index contributed by atoms with van der Waals surface area (Å²) in [6, 6.07) is 3.82. The molecule has 0 saturated heterocycles. The number of carboxylic acids is 1. The number of sulfonamides is 1. The Morgan fingerprint density at radius 2 is 2.14 bits per heavy atom. The van der Waals surface area contributed by atoms with Crippen molar-refractivity contribution in [3.63, 3.8) is 0 Å². The second kappa shape index (κ2) is 8.28. The van der Waals surface area contributed by atoms with Gasteiger partial charge >= 0.3 is 5.97 Å². The van der Waals surface area contributed by atoms with Gasteiger partial charge in [-0.05, 0) is 40.5 Å². The number of rotatable bonds is 9. The van der Waals surface area contributed by atoms with Crippen molar-refractivity contribution in [1.82, 2.24) is 4.72 Å². The maximum Gasteiger partial charge on any atom is 0.336 e. The van der Waals surface area contributed by atoms with Gasteiger partial charge in [0.25, 0.3) is 0 Å². The van der Waals surface area contributed by atoms with E-state index in [9.17, 15) is 13.2 Å². The second-order valence-electron chi connectivity index (χ2n) is 4.03. The predicted octanol–water partition coefficient (Wildman–Crippen LogP) is 2.02. The molecular formula is C13H16BrNO5S. The van der Waals surface area contributed by atoms with Gasteiger partial charge in [0.2, 0.25) is 10.0 Å². The molecule has 1 aromatic rings. The minimum Gasteiger partial charge on any atom is -0.478 e. The van der Waals surface area contributed by atoms with Crippen LogP contribution in [0.5, 0.6) is 0 Å². The molecule has 0 amide bonds. The molecule has 1 aromatic carbocycles. The van der Waals surface area contributed by atoms with Crippen LogP contribution < -0.4 is 4.72 Å². The Morgan fingerprint density at radius 1 is 1.43 bits per heavy atom. The first-order valence-electron chi connectivity index (χ1n) is 6.09. The van der Waals surface area contributed by atoms with Crippen molar-refractivity contribution < 1.29 is 23.1 Å². The third kappa shape index (κ3) is 5.58. The maximum absolute atomic E-state index is 12.0. The number of halogens is 1. The molecule has 6 nitrogen and oxygen atoms in total. The van der Waals surface area contributed by atoms with E-state index in [0.29, 0.717) is 17.5 Å². The van der Waals surface area contributed by atoms with Crippen molar-refractivity contribution in [2.45, 2.75) is 11.3 Å². The standard InChI is InChI=1S/C13H16BrNO5S/c1-2-3-7-20-8-6-15-21(18,19)10-4-5-12(14)11(9-10)13(16)17/h2,4-5,9,15H,1,3,6-8H2,(H,16,17). The van der Waals surface area contributed by atoms with E-state index in [2.05, 4.69) is 27.2 Å². The minimum atomic E-state index is -3.76. The van der Waals surface area contributed by atoms with Gasteiger partial charge < -0.3 is 9.84 Å². The zero-order chi connectivity index (χ0) is 15.9. The molecule has 0 aliphatic carbocycles. The summed E-state index contributed by atoms with van der Waals surface area (Å²) in [5.74, 6) is -1.20. The summed E-state index contributed by atoms with van der Waals surface area (Å²) in [6.45, 7) is 4.36. The third-order valence-electron chi connectivity index (χ3n) is 2.48. The van der Waals surface area contributed by atoms with Crippen molar-refractivity contribution in [1.29, 1.82) is 0 Å². The Labute approximate surface area is 132 Å². The third-order valence-corrected chi connectivity index (χ3v) is 4.63. The van der Waals surface area contributed by atoms with Crippen molar-refractivity contribution in [2.24, 2.45) is 0 Å².